The predicted octanol–water partition coefficient (Wildman–Crippen LogP) is 2.80. The van der Waals surface area contributed by atoms with E-state index in [1.54, 1.807) is 0 Å². The van der Waals surface area contributed by atoms with Crippen LogP contribution in [0.25, 0.3) is 0 Å². The second-order valence-electron chi connectivity index (χ2n) is 4.73. The van der Waals surface area contributed by atoms with Crippen LogP contribution in [-0.4, -0.2) is 20.5 Å². The van der Waals surface area contributed by atoms with Crippen molar-refractivity contribution in [2.45, 2.75) is 31.8 Å². The van der Waals surface area contributed by atoms with Gasteiger partial charge in [-0.2, -0.15) is 0 Å². The molecule has 0 bridgehead atoms. The van der Waals surface area contributed by atoms with Gasteiger partial charge in [-0.3, -0.25) is 0 Å². The number of aromatic nitrogens is 3. The van der Waals surface area contributed by atoms with Gasteiger partial charge in [0.25, 0.3) is 0 Å². The van der Waals surface area contributed by atoms with Gasteiger partial charge >= 0.3 is 0 Å². The third-order valence-electron chi connectivity index (χ3n) is 3.36. The van der Waals surface area contributed by atoms with E-state index >= 15 is 0 Å². The second kappa shape index (κ2) is 7.11. The lowest BCUT2D eigenvalue weighted by Crippen LogP contribution is -2.20. The lowest BCUT2D eigenvalue weighted by atomic mass is 10.2. The monoisotopic (exact) mass is 310 g/mol. The Morgan fingerprint density at radius 3 is 2.85 bits per heavy atom. The Morgan fingerprint density at radius 2 is 2.05 bits per heavy atom. The number of nitrogens with zero attached hydrogens (tertiary/aromatic N) is 3. The lowest BCUT2D eigenvalue weighted by molar-refractivity contribution is 0.596. The first-order valence-electron chi connectivity index (χ1n) is 6.63. The molecule has 6 heteroatoms. The molecule has 1 N–H and O–H groups in total. The molecular formula is C14H19ClN4S. The van der Waals surface area contributed by atoms with Gasteiger partial charge in [-0.25, -0.2) is 0 Å². The van der Waals surface area contributed by atoms with Gasteiger partial charge < -0.3 is 9.88 Å². The third kappa shape index (κ3) is 3.34. The molecule has 0 amide bonds. The fourth-order valence-electron chi connectivity index (χ4n) is 2.33. The molecule has 1 unspecified atom stereocenters. The Hall–Kier alpha value is -1.04. The van der Waals surface area contributed by atoms with Crippen molar-refractivity contribution in [3.8, 4) is 0 Å². The van der Waals surface area contributed by atoms with Crippen LogP contribution in [0.2, 0.25) is 0 Å². The van der Waals surface area contributed by atoms with Gasteiger partial charge in [-0.05, 0) is 12.5 Å². The van der Waals surface area contributed by atoms with Crippen molar-refractivity contribution in [3.05, 3.63) is 47.5 Å². The molecule has 1 aliphatic heterocycles. The van der Waals surface area contributed by atoms with E-state index in [2.05, 4.69) is 51.3 Å². The normalized spacial score (nSPS) is 17.4. The molecule has 2 heterocycles. The van der Waals surface area contributed by atoms with Crippen molar-refractivity contribution >= 4 is 24.2 Å². The average Bonchev–Trinajstić information content (AvgIpc) is 2.85. The number of hydrogen-bond acceptors (Lipinski definition) is 4. The number of hydrogen-bond donors (Lipinski definition) is 1. The number of thioether (sulfide) groups is 1. The summed E-state index contributed by atoms with van der Waals surface area (Å²) in [5.74, 6) is 3.32. The van der Waals surface area contributed by atoms with E-state index in [9.17, 15) is 0 Å². The zero-order valence-corrected chi connectivity index (χ0v) is 13.1. The van der Waals surface area contributed by atoms with Crippen molar-refractivity contribution in [2.24, 2.45) is 0 Å². The maximum atomic E-state index is 4.32. The zero-order chi connectivity index (χ0) is 13.1. The average molecular weight is 311 g/mol. The molecule has 20 heavy (non-hydrogen) atoms. The van der Waals surface area contributed by atoms with Crippen molar-refractivity contribution in [1.82, 2.24) is 20.1 Å². The maximum Gasteiger partial charge on any atom is 0.147 e. The van der Waals surface area contributed by atoms with Gasteiger partial charge in [0.05, 0.1) is 11.8 Å². The summed E-state index contributed by atoms with van der Waals surface area (Å²) in [4.78, 5) is 0. The minimum absolute atomic E-state index is 0. The topological polar surface area (TPSA) is 42.7 Å². The first kappa shape index (κ1) is 15.4. The van der Waals surface area contributed by atoms with Gasteiger partial charge in [-0.15, -0.1) is 34.4 Å². The van der Waals surface area contributed by atoms with Crippen molar-refractivity contribution in [2.75, 3.05) is 5.75 Å². The van der Waals surface area contributed by atoms with Crippen molar-refractivity contribution in [1.29, 1.82) is 0 Å². The summed E-state index contributed by atoms with van der Waals surface area (Å²) in [5, 5.41) is 12.5. The summed E-state index contributed by atoms with van der Waals surface area (Å²) >= 11 is 1.95. The third-order valence-corrected chi connectivity index (χ3v) is 4.49. The Balaban J connectivity index is 0.00000147. The summed E-state index contributed by atoms with van der Waals surface area (Å²) < 4.78 is 2.26. The van der Waals surface area contributed by atoms with Crippen LogP contribution >= 0.6 is 24.2 Å². The molecule has 1 aromatic heterocycles. The zero-order valence-electron chi connectivity index (χ0n) is 11.5. The molecule has 0 radical (unpaired) electrons. The summed E-state index contributed by atoms with van der Waals surface area (Å²) in [5.41, 5.74) is 1.30. The Kier molecular flexibility index (Phi) is 5.46. The molecule has 108 valence electrons. The smallest absolute Gasteiger partial charge is 0.147 e. The first-order valence-corrected chi connectivity index (χ1v) is 7.67. The van der Waals surface area contributed by atoms with Crippen LogP contribution in [0.4, 0.5) is 0 Å². The highest BCUT2D eigenvalue weighted by molar-refractivity contribution is 7.99. The molecule has 3 rings (SSSR count). The van der Waals surface area contributed by atoms with Crippen LogP contribution in [0, 0.1) is 0 Å². The fraction of sp³-hybridized carbons (Fsp3) is 0.429. The highest BCUT2D eigenvalue weighted by Gasteiger charge is 2.21. The molecule has 0 spiro atoms. The molecule has 1 aromatic carbocycles. The molecule has 1 atom stereocenters. The molecule has 0 fully saturated rings. The Labute approximate surface area is 129 Å². The predicted molar refractivity (Wildman–Crippen MR) is 85.1 cm³/mol. The van der Waals surface area contributed by atoms with Crippen LogP contribution in [0.1, 0.15) is 29.4 Å². The van der Waals surface area contributed by atoms with E-state index in [0.29, 0.717) is 5.25 Å². The number of halogens is 1. The van der Waals surface area contributed by atoms with Crippen LogP contribution in [0.15, 0.2) is 30.3 Å². The largest absolute Gasteiger partial charge is 0.312 e. The van der Waals surface area contributed by atoms with Gasteiger partial charge in [0.2, 0.25) is 0 Å². The van der Waals surface area contributed by atoms with E-state index in [4.69, 9.17) is 0 Å². The molecule has 0 saturated heterocycles. The van der Waals surface area contributed by atoms with Crippen LogP contribution in [0.3, 0.4) is 0 Å². The number of fused-ring (bicyclic) bond motifs is 1. The highest BCUT2D eigenvalue weighted by atomic mass is 35.5. The van der Waals surface area contributed by atoms with Crippen LogP contribution in [-0.2, 0) is 19.6 Å². The van der Waals surface area contributed by atoms with Crippen LogP contribution < -0.4 is 5.32 Å². The highest BCUT2D eigenvalue weighted by Crippen LogP contribution is 2.31. The molecule has 2 aromatic rings. The first-order chi connectivity index (χ1) is 9.34. The number of benzene rings is 1. The second-order valence-corrected chi connectivity index (χ2v) is 6.18. The molecule has 0 saturated carbocycles. The van der Waals surface area contributed by atoms with E-state index in [0.717, 1.165) is 37.0 Å². The van der Waals surface area contributed by atoms with Crippen molar-refractivity contribution < 1.29 is 0 Å². The van der Waals surface area contributed by atoms with Gasteiger partial charge in [0, 0.05) is 18.8 Å². The number of nitrogens with one attached hydrogen (secondary N) is 1. The standard InChI is InChI=1S/C14H18N4S.ClH/c1-11-14-17-16-13(18(14)7-8-19-11)10-15-9-12-5-3-2-4-6-12;/h2-6,11,15H,7-10H2,1H3;1H. The molecular weight excluding hydrogens is 292 g/mol. The van der Waals surface area contributed by atoms with E-state index in [1.165, 1.54) is 5.56 Å². The van der Waals surface area contributed by atoms with Gasteiger partial charge in [0.1, 0.15) is 11.6 Å². The molecule has 0 aliphatic carbocycles. The van der Waals surface area contributed by atoms with Gasteiger partial charge in [0.15, 0.2) is 0 Å². The molecule has 4 nitrogen and oxygen atoms in total. The summed E-state index contributed by atoms with van der Waals surface area (Å²) in [6, 6.07) is 10.4. The summed E-state index contributed by atoms with van der Waals surface area (Å²) in [6.45, 7) is 4.87. The lowest BCUT2D eigenvalue weighted by Gasteiger charge is -2.20. The quantitative estimate of drug-likeness (QED) is 0.943. The Morgan fingerprint density at radius 1 is 1.25 bits per heavy atom. The van der Waals surface area contributed by atoms with E-state index < -0.39 is 0 Å². The molecule has 1 aliphatic rings. The Bertz CT molecular complexity index is 543. The summed E-state index contributed by atoms with van der Waals surface area (Å²) in [7, 11) is 0. The van der Waals surface area contributed by atoms with Crippen molar-refractivity contribution in [3.63, 3.8) is 0 Å². The maximum absolute atomic E-state index is 4.32. The fourth-order valence-corrected chi connectivity index (χ4v) is 3.30. The summed E-state index contributed by atoms with van der Waals surface area (Å²) in [6.07, 6.45) is 0. The van der Waals surface area contributed by atoms with Gasteiger partial charge in [-0.1, -0.05) is 30.3 Å². The van der Waals surface area contributed by atoms with E-state index in [1.807, 2.05) is 17.8 Å². The minimum atomic E-state index is 0. The number of rotatable bonds is 4. The van der Waals surface area contributed by atoms with E-state index in [-0.39, 0.29) is 12.4 Å². The van der Waals surface area contributed by atoms with Crippen LogP contribution in [0.5, 0.6) is 0 Å². The minimum Gasteiger partial charge on any atom is -0.312 e. The SMILES string of the molecule is CC1SCCn2c(CNCc3ccccc3)nnc21.Cl.